The molecule has 0 aliphatic carbocycles. The zero-order valence-electron chi connectivity index (χ0n) is 7.46. The van der Waals surface area contributed by atoms with E-state index in [0.717, 1.165) is 6.26 Å². The van der Waals surface area contributed by atoms with Crippen LogP contribution in [0, 0.1) is 5.41 Å². The molecule has 0 aromatic heterocycles. The Morgan fingerprint density at radius 3 is 2.38 bits per heavy atom. The first-order valence-corrected chi connectivity index (χ1v) is 6.69. The number of sulfonamides is 1. The van der Waals surface area contributed by atoms with Crippen LogP contribution in [-0.2, 0) is 10.0 Å². The summed E-state index contributed by atoms with van der Waals surface area (Å²) < 4.78 is 23.6. The van der Waals surface area contributed by atoms with Gasteiger partial charge in [0.05, 0.1) is 12.1 Å². The monoisotopic (exact) mass is 271 g/mol. The molecule has 0 aromatic rings. The molecule has 0 heterocycles. The van der Waals surface area contributed by atoms with Crippen molar-refractivity contribution in [2.24, 2.45) is 5.73 Å². The van der Waals surface area contributed by atoms with Crippen LogP contribution in [0.25, 0.3) is 0 Å². The summed E-state index contributed by atoms with van der Waals surface area (Å²) in [5, 5.41) is 7.55. The van der Waals surface area contributed by atoms with Crippen molar-refractivity contribution in [1.29, 1.82) is 5.41 Å². The number of nitrogens with two attached hydrogens (primary N) is 1. The molecule has 0 amide bonds. The van der Waals surface area contributed by atoms with Crippen LogP contribution >= 0.6 is 15.9 Å². The number of rotatable bonds is 6. The maximum absolute atomic E-state index is 11.1. The smallest absolute Gasteiger partial charge is 0.211 e. The van der Waals surface area contributed by atoms with E-state index < -0.39 is 10.0 Å². The van der Waals surface area contributed by atoms with E-state index in [1.807, 2.05) is 0 Å². The maximum atomic E-state index is 11.1. The summed E-state index contributed by atoms with van der Waals surface area (Å²) in [6.45, 7) is 0.686. The maximum Gasteiger partial charge on any atom is 0.211 e. The van der Waals surface area contributed by atoms with Gasteiger partial charge in [0.15, 0.2) is 0 Å². The SMILES string of the molecule is CS(=O)(=O)N(CCBr)CCC(=N)N. The Morgan fingerprint density at radius 1 is 1.54 bits per heavy atom. The van der Waals surface area contributed by atoms with E-state index in [0.29, 0.717) is 11.9 Å². The average molecular weight is 272 g/mol. The molecule has 0 aromatic carbocycles. The molecule has 0 radical (unpaired) electrons. The molecule has 0 spiro atoms. The Labute approximate surface area is 87.0 Å². The van der Waals surface area contributed by atoms with Crippen molar-refractivity contribution < 1.29 is 8.42 Å². The van der Waals surface area contributed by atoms with Gasteiger partial charge < -0.3 is 5.73 Å². The number of halogens is 1. The minimum absolute atomic E-state index is 0.00298. The van der Waals surface area contributed by atoms with E-state index in [2.05, 4.69) is 15.9 Å². The first-order chi connectivity index (χ1) is 5.88. The van der Waals surface area contributed by atoms with Crippen LogP contribution < -0.4 is 5.73 Å². The molecule has 0 aliphatic heterocycles. The summed E-state index contributed by atoms with van der Waals surface area (Å²) in [6, 6.07) is 0. The minimum atomic E-state index is -3.17. The summed E-state index contributed by atoms with van der Waals surface area (Å²) in [6.07, 6.45) is 1.43. The van der Waals surface area contributed by atoms with E-state index in [1.54, 1.807) is 0 Å². The normalized spacial score (nSPS) is 11.9. The van der Waals surface area contributed by atoms with Crippen molar-refractivity contribution in [3.8, 4) is 0 Å². The highest BCUT2D eigenvalue weighted by Gasteiger charge is 2.15. The van der Waals surface area contributed by atoms with Crippen LogP contribution in [0.4, 0.5) is 0 Å². The van der Waals surface area contributed by atoms with Gasteiger partial charge in [-0.05, 0) is 0 Å². The Hall–Kier alpha value is -0.140. The van der Waals surface area contributed by atoms with Crippen molar-refractivity contribution in [3.05, 3.63) is 0 Å². The highest BCUT2D eigenvalue weighted by molar-refractivity contribution is 9.09. The van der Waals surface area contributed by atoms with E-state index in [4.69, 9.17) is 11.1 Å². The lowest BCUT2D eigenvalue weighted by atomic mass is 10.4. The van der Waals surface area contributed by atoms with Crippen molar-refractivity contribution in [2.75, 3.05) is 24.7 Å². The summed E-state index contributed by atoms with van der Waals surface area (Å²) in [4.78, 5) is 0. The van der Waals surface area contributed by atoms with E-state index in [-0.39, 0.29) is 18.8 Å². The highest BCUT2D eigenvalue weighted by atomic mass is 79.9. The van der Waals surface area contributed by atoms with Gasteiger partial charge in [-0.1, -0.05) is 15.9 Å². The second-order valence-electron chi connectivity index (χ2n) is 2.63. The fourth-order valence-corrected chi connectivity index (χ4v) is 2.29. The van der Waals surface area contributed by atoms with Crippen LogP contribution in [0.1, 0.15) is 6.42 Å². The Morgan fingerprint density at radius 2 is 2.08 bits per heavy atom. The van der Waals surface area contributed by atoms with Gasteiger partial charge in [-0.25, -0.2) is 12.7 Å². The third-order valence-electron chi connectivity index (χ3n) is 1.43. The molecule has 5 nitrogen and oxygen atoms in total. The molecular formula is C6H14BrN3O2S. The molecular weight excluding hydrogens is 258 g/mol. The number of amidine groups is 1. The third kappa shape index (κ3) is 6.00. The number of nitrogens with one attached hydrogen (secondary N) is 1. The number of nitrogens with zero attached hydrogens (tertiary/aromatic N) is 1. The first-order valence-electron chi connectivity index (χ1n) is 3.72. The third-order valence-corrected chi connectivity index (χ3v) is 3.09. The lowest BCUT2D eigenvalue weighted by molar-refractivity contribution is 0.444. The molecule has 0 saturated carbocycles. The van der Waals surface area contributed by atoms with Crippen molar-refractivity contribution in [2.45, 2.75) is 6.42 Å². The second-order valence-corrected chi connectivity index (χ2v) is 5.40. The molecule has 0 saturated heterocycles. The van der Waals surface area contributed by atoms with Crippen molar-refractivity contribution in [3.63, 3.8) is 0 Å². The van der Waals surface area contributed by atoms with Gasteiger partial charge in [0.25, 0.3) is 0 Å². The summed E-state index contributed by atoms with van der Waals surface area (Å²) >= 11 is 3.16. The molecule has 0 atom stereocenters. The lowest BCUT2D eigenvalue weighted by Gasteiger charge is -2.17. The Balaban J connectivity index is 4.19. The van der Waals surface area contributed by atoms with Crippen LogP contribution in [0.15, 0.2) is 0 Å². The van der Waals surface area contributed by atoms with Crippen LogP contribution in [-0.4, -0.2) is 43.2 Å². The highest BCUT2D eigenvalue weighted by Crippen LogP contribution is 2.00. The Kier molecular flexibility index (Phi) is 5.50. The zero-order valence-corrected chi connectivity index (χ0v) is 9.86. The molecule has 0 unspecified atom stereocenters. The van der Waals surface area contributed by atoms with Gasteiger partial charge in [-0.2, -0.15) is 0 Å². The van der Waals surface area contributed by atoms with Gasteiger partial charge in [0.2, 0.25) is 10.0 Å². The molecule has 7 heteroatoms. The average Bonchev–Trinajstić information content (AvgIpc) is 1.95. The van der Waals surface area contributed by atoms with Gasteiger partial charge in [0, 0.05) is 24.8 Å². The number of hydrogen-bond acceptors (Lipinski definition) is 3. The van der Waals surface area contributed by atoms with Gasteiger partial charge in [0.1, 0.15) is 0 Å². The summed E-state index contributed by atoms with van der Waals surface area (Å²) in [7, 11) is -3.17. The van der Waals surface area contributed by atoms with Gasteiger partial charge in [-0.15, -0.1) is 0 Å². The molecule has 0 aliphatic rings. The fraction of sp³-hybridized carbons (Fsp3) is 0.833. The van der Waals surface area contributed by atoms with Crippen LogP contribution in [0.2, 0.25) is 0 Å². The Bertz CT molecular complexity index is 265. The molecule has 13 heavy (non-hydrogen) atoms. The second kappa shape index (κ2) is 5.56. The van der Waals surface area contributed by atoms with E-state index in [1.165, 1.54) is 4.31 Å². The number of hydrogen-bond donors (Lipinski definition) is 2. The summed E-state index contributed by atoms with van der Waals surface area (Å²) in [5.74, 6) is 0.00298. The number of alkyl halides is 1. The molecule has 0 rings (SSSR count). The van der Waals surface area contributed by atoms with Crippen LogP contribution in [0.5, 0.6) is 0 Å². The molecule has 0 fully saturated rings. The van der Waals surface area contributed by atoms with Crippen LogP contribution in [0.3, 0.4) is 0 Å². The molecule has 0 bridgehead atoms. The largest absolute Gasteiger partial charge is 0.388 e. The molecule has 78 valence electrons. The summed E-state index contributed by atoms with van der Waals surface area (Å²) in [5.41, 5.74) is 5.13. The molecule has 3 N–H and O–H groups in total. The predicted molar refractivity (Wildman–Crippen MR) is 56.7 cm³/mol. The van der Waals surface area contributed by atoms with Gasteiger partial charge >= 0.3 is 0 Å². The minimum Gasteiger partial charge on any atom is -0.388 e. The van der Waals surface area contributed by atoms with Crippen molar-refractivity contribution >= 4 is 31.8 Å². The zero-order chi connectivity index (χ0) is 10.5. The first kappa shape index (κ1) is 12.9. The van der Waals surface area contributed by atoms with E-state index >= 15 is 0 Å². The lowest BCUT2D eigenvalue weighted by Crippen LogP contribution is -2.34. The van der Waals surface area contributed by atoms with Gasteiger partial charge in [-0.3, -0.25) is 5.41 Å². The quantitative estimate of drug-likeness (QED) is 0.404. The predicted octanol–water partition coefficient (Wildman–Crippen LogP) is -0.0310. The fourth-order valence-electron chi connectivity index (χ4n) is 0.783. The standard InChI is InChI=1S/C6H14BrN3O2S/c1-13(11,12)10(5-3-7)4-2-6(8)9/h2-5H2,1H3,(H3,8,9). The topological polar surface area (TPSA) is 87.2 Å². The van der Waals surface area contributed by atoms with Crippen molar-refractivity contribution in [1.82, 2.24) is 4.31 Å². The van der Waals surface area contributed by atoms with E-state index in [9.17, 15) is 8.42 Å².